The van der Waals surface area contributed by atoms with E-state index in [2.05, 4.69) is 30.7 Å². The lowest BCUT2D eigenvalue weighted by Crippen LogP contribution is -2.40. The summed E-state index contributed by atoms with van der Waals surface area (Å²) in [6, 6.07) is 5.87. The van der Waals surface area contributed by atoms with Crippen LogP contribution in [0.25, 0.3) is 0 Å². The van der Waals surface area contributed by atoms with Gasteiger partial charge in [0.25, 0.3) is 0 Å². The van der Waals surface area contributed by atoms with E-state index in [1.165, 1.54) is 0 Å². The van der Waals surface area contributed by atoms with Crippen molar-refractivity contribution in [1.82, 2.24) is 4.98 Å². The summed E-state index contributed by atoms with van der Waals surface area (Å²) in [5.74, 6) is 0.842. The van der Waals surface area contributed by atoms with Crippen molar-refractivity contribution in [3.05, 3.63) is 24.4 Å². The first-order valence-electron chi connectivity index (χ1n) is 7.28. The second-order valence-electron chi connectivity index (χ2n) is 6.64. The number of carbonyl (C=O) groups is 1. The van der Waals surface area contributed by atoms with Gasteiger partial charge in [-0.25, -0.2) is 4.98 Å². The van der Waals surface area contributed by atoms with Gasteiger partial charge in [0.2, 0.25) is 0 Å². The van der Waals surface area contributed by atoms with Crippen molar-refractivity contribution in [2.45, 2.75) is 33.6 Å². The van der Waals surface area contributed by atoms with Crippen molar-refractivity contribution in [3.8, 4) is 0 Å². The fraction of sp³-hybridized carbons (Fsp3) is 0.625. The minimum absolute atomic E-state index is 0.0188. The number of piperidine rings is 1. The van der Waals surface area contributed by atoms with Crippen LogP contribution in [-0.4, -0.2) is 30.6 Å². The van der Waals surface area contributed by atoms with Crippen molar-refractivity contribution in [1.29, 1.82) is 0 Å². The first-order valence-corrected chi connectivity index (χ1v) is 7.28. The highest BCUT2D eigenvalue weighted by molar-refractivity contribution is 5.73. The lowest BCUT2D eigenvalue weighted by atomic mass is 9.97. The molecule has 20 heavy (non-hydrogen) atoms. The fourth-order valence-corrected chi connectivity index (χ4v) is 2.32. The second-order valence-corrected chi connectivity index (χ2v) is 6.64. The molecule has 1 aromatic rings. The minimum atomic E-state index is -0.0689. The summed E-state index contributed by atoms with van der Waals surface area (Å²) >= 11 is 0. The van der Waals surface area contributed by atoms with Crippen molar-refractivity contribution in [2.24, 2.45) is 11.3 Å². The number of hydrogen-bond acceptors (Lipinski definition) is 4. The standard InChI is InChI=1S/C16H24N2O2/c1-16(2,3)12-20-15(19)13-7-6-10-18(11-13)14-8-4-5-9-17-14/h4-5,8-9,13H,6-7,10-12H2,1-3H3/t13-/m0/s1. The van der Waals surface area contributed by atoms with E-state index in [4.69, 9.17) is 4.74 Å². The van der Waals surface area contributed by atoms with Gasteiger partial charge in [0.15, 0.2) is 0 Å². The third-order valence-corrected chi connectivity index (χ3v) is 3.38. The van der Waals surface area contributed by atoms with Gasteiger partial charge in [0, 0.05) is 19.3 Å². The van der Waals surface area contributed by atoms with Gasteiger partial charge in [-0.1, -0.05) is 26.8 Å². The maximum Gasteiger partial charge on any atom is 0.310 e. The summed E-state index contributed by atoms with van der Waals surface area (Å²) in [4.78, 5) is 18.7. The molecule has 1 aliphatic rings. The third-order valence-electron chi connectivity index (χ3n) is 3.38. The summed E-state index contributed by atoms with van der Waals surface area (Å²) in [7, 11) is 0. The van der Waals surface area contributed by atoms with Crippen LogP contribution in [0.15, 0.2) is 24.4 Å². The van der Waals surface area contributed by atoms with Crippen molar-refractivity contribution in [2.75, 3.05) is 24.6 Å². The van der Waals surface area contributed by atoms with Crippen molar-refractivity contribution < 1.29 is 9.53 Å². The first-order chi connectivity index (χ1) is 9.46. The van der Waals surface area contributed by atoms with Gasteiger partial charge in [0.05, 0.1) is 12.5 Å². The zero-order valence-electron chi connectivity index (χ0n) is 12.6. The summed E-state index contributed by atoms with van der Waals surface area (Å²) in [6.45, 7) is 8.36. The Morgan fingerprint density at radius 2 is 2.25 bits per heavy atom. The molecule has 0 aromatic carbocycles. The molecule has 2 rings (SSSR count). The molecule has 2 heterocycles. The summed E-state index contributed by atoms with van der Waals surface area (Å²) in [5, 5.41) is 0. The Morgan fingerprint density at radius 1 is 1.45 bits per heavy atom. The Labute approximate surface area is 121 Å². The molecule has 1 fully saturated rings. The summed E-state index contributed by atoms with van der Waals surface area (Å²) < 4.78 is 5.44. The molecule has 1 atom stereocenters. The van der Waals surface area contributed by atoms with Gasteiger partial charge >= 0.3 is 5.97 Å². The molecule has 0 amide bonds. The summed E-state index contributed by atoms with van der Waals surface area (Å²) in [6.07, 6.45) is 3.70. The number of carbonyl (C=O) groups excluding carboxylic acids is 1. The predicted molar refractivity (Wildman–Crippen MR) is 79.6 cm³/mol. The molecular weight excluding hydrogens is 252 g/mol. The number of anilines is 1. The zero-order chi connectivity index (χ0) is 14.6. The number of ether oxygens (including phenoxy) is 1. The van der Waals surface area contributed by atoms with Crippen LogP contribution >= 0.6 is 0 Å². The largest absolute Gasteiger partial charge is 0.465 e. The van der Waals surface area contributed by atoms with E-state index < -0.39 is 0 Å². The van der Waals surface area contributed by atoms with Crippen LogP contribution in [0.4, 0.5) is 5.82 Å². The lowest BCUT2D eigenvalue weighted by molar-refractivity contribution is -0.151. The number of esters is 1. The monoisotopic (exact) mass is 276 g/mol. The van der Waals surface area contributed by atoms with Crippen LogP contribution in [0.5, 0.6) is 0 Å². The quantitative estimate of drug-likeness (QED) is 0.796. The van der Waals surface area contributed by atoms with Crippen LogP contribution in [0.3, 0.4) is 0 Å². The van der Waals surface area contributed by atoms with Crippen molar-refractivity contribution >= 4 is 11.8 Å². The second kappa shape index (κ2) is 6.25. The third kappa shape index (κ3) is 4.22. The highest BCUT2D eigenvalue weighted by atomic mass is 16.5. The van der Waals surface area contributed by atoms with E-state index in [1.807, 2.05) is 18.2 Å². The number of aromatic nitrogens is 1. The maximum atomic E-state index is 12.2. The Hall–Kier alpha value is -1.58. The van der Waals surface area contributed by atoms with Gasteiger partial charge in [-0.3, -0.25) is 4.79 Å². The molecule has 1 aliphatic heterocycles. The SMILES string of the molecule is CC(C)(C)COC(=O)[C@H]1CCCN(c2ccccn2)C1. The van der Waals surface area contributed by atoms with E-state index in [1.54, 1.807) is 6.20 Å². The molecular formula is C16H24N2O2. The number of hydrogen-bond donors (Lipinski definition) is 0. The Kier molecular flexibility index (Phi) is 4.63. The van der Waals surface area contributed by atoms with Gasteiger partial charge in [-0.2, -0.15) is 0 Å². The first kappa shape index (κ1) is 14.8. The van der Waals surface area contributed by atoms with E-state index in [0.29, 0.717) is 13.2 Å². The minimum Gasteiger partial charge on any atom is -0.465 e. The van der Waals surface area contributed by atoms with E-state index >= 15 is 0 Å². The molecule has 110 valence electrons. The molecule has 0 N–H and O–H groups in total. The van der Waals surface area contributed by atoms with Gasteiger partial charge in [0.1, 0.15) is 5.82 Å². The highest BCUT2D eigenvalue weighted by Crippen LogP contribution is 2.23. The zero-order valence-corrected chi connectivity index (χ0v) is 12.6. The molecule has 0 bridgehead atoms. The molecule has 0 radical (unpaired) electrons. The average Bonchev–Trinajstić information content (AvgIpc) is 2.45. The summed E-state index contributed by atoms with van der Waals surface area (Å²) in [5.41, 5.74) is 0.0188. The van der Waals surface area contributed by atoms with Crippen LogP contribution in [0, 0.1) is 11.3 Å². The predicted octanol–water partition coefficient (Wildman–Crippen LogP) is 2.89. The number of rotatable bonds is 3. The topological polar surface area (TPSA) is 42.4 Å². The Balaban J connectivity index is 1.92. The highest BCUT2D eigenvalue weighted by Gasteiger charge is 2.28. The molecule has 0 unspecified atom stereocenters. The van der Waals surface area contributed by atoms with Crippen LogP contribution in [0.2, 0.25) is 0 Å². The van der Waals surface area contributed by atoms with E-state index in [0.717, 1.165) is 25.2 Å². The van der Waals surface area contributed by atoms with Gasteiger partial charge < -0.3 is 9.64 Å². The maximum absolute atomic E-state index is 12.2. The van der Waals surface area contributed by atoms with Gasteiger partial charge in [-0.05, 0) is 30.4 Å². The van der Waals surface area contributed by atoms with E-state index in [9.17, 15) is 4.79 Å². The van der Waals surface area contributed by atoms with Crippen LogP contribution in [-0.2, 0) is 9.53 Å². The molecule has 4 heteroatoms. The molecule has 4 nitrogen and oxygen atoms in total. The Bertz CT molecular complexity index is 440. The molecule has 1 saturated heterocycles. The van der Waals surface area contributed by atoms with Crippen molar-refractivity contribution in [3.63, 3.8) is 0 Å². The smallest absolute Gasteiger partial charge is 0.310 e. The molecule has 0 aliphatic carbocycles. The van der Waals surface area contributed by atoms with E-state index in [-0.39, 0.29) is 17.3 Å². The molecule has 0 saturated carbocycles. The normalized spacial score (nSPS) is 19.8. The lowest BCUT2D eigenvalue weighted by Gasteiger charge is -2.32. The van der Waals surface area contributed by atoms with Crippen LogP contribution < -0.4 is 4.90 Å². The molecule has 1 aromatic heterocycles. The Morgan fingerprint density at radius 3 is 2.90 bits per heavy atom. The number of pyridine rings is 1. The van der Waals surface area contributed by atoms with Crippen LogP contribution in [0.1, 0.15) is 33.6 Å². The fourth-order valence-electron chi connectivity index (χ4n) is 2.32. The van der Waals surface area contributed by atoms with Gasteiger partial charge in [-0.15, -0.1) is 0 Å². The molecule has 0 spiro atoms. The number of nitrogens with zero attached hydrogens (tertiary/aromatic N) is 2. The average molecular weight is 276 g/mol.